The molecule has 0 saturated carbocycles. The maximum absolute atomic E-state index is 11.8. The van der Waals surface area contributed by atoms with Gasteiger partial charge in [0, 0.05) is 17.7 Å². The van der Waals surface area contributed by atoms with Gasteiger partial charge in [0.1, 0.15) is 0 Å². The Kier molecular flexibility index (Phi) is 4.80. The van der Waals surface area contributed by atoms with Crippen molar-refractivity contribution in [3.8, 4) is 0 Å². The number of amides is 1. The zero-order valence-corrected chi connectivity index (χ0v) is 13.6. The molecule has 1 aromatic heterocycles. The first kappa shape index (κ1) is 15.7. The summed E-state index contributed by atoms with van der Waals surface area (Å²) in [5.41, 5.74) is 1.59. The average Bonchev–Trinajstić information content (AvgIpc) is 2.87. The average molecular weight is 323 g/mol. The molecule has 2 aromatic rings. The number of rotatable bonds is 5. The van der Waals surface area contributed by atoms with Gasteiger partial charge in [-0.05, 0) is 35.6 Å². The molecule has 2 rings (SSSR count). The number of carbonyl (C=O) groups excluding carboxylic acids is 1. The van der Waals surface area contributed by atoms with Gasteiger partial charge >= 0.3 is 0 Å². The fraction of sp³-hybridized carbons (Fsp3) is 0.267. The van der Waals surface area contributed by atoms with Crippen LogP contribution in [0.4, 0.5) is 0 Å². The number of hydrogen-bond donors (Lipinski definition) is 1. The first-order valence-electron chi connectivity index (χ1n) is 6.45. The van der Waals surface area contributed by atoms with Crippen molar-refractivity contribution in [1.82, 2.24) is 5.32 Å². The Bertz CT molecular complexity index is 734. The number of hydrogen-bond acceptors (Lipinski definition) is 4. The minimum absolute atomic E-state index is 0.0395. The van der Waals surface area contributed by atoms with E-state index in [9.17, 15) is 13.2 Å². The third-order valence-electron chi connectivity index (χ3n) is 3.04. The zero-order chi connectivity index (χ0) is 15.5. The lowest BCUT2D eigenvalue weighted by Crippen LogP contribution is -2.24. The Morgan fingerprint density at radius 2 is 2.05 bits per heavy atom. The molecule has 0 saturated heterocycles. The number of sulfone groups is 1. The number of carbonyl (C=O) groups is 1. The molecule has 0 aliphatic rings. The summed E-state index contributed by atoms with van der Waals surface area (Å²) in [6.45, 7) is 2.16. The van der Waals surface area contributed by atoms with Gasteiger partial charge in [0.25, 0.3) is 0 Å². The molecule has 0 aliphatic heterocycles. The molecule has 0 spiro atoms. The maximum atomic E-state index is 11.8. The number of aryl methyl sites for hydroxylation is 1. The SMILES string of the molecule is Cc1cc(CNC(=O)Cc2cccs2)ccc1S(C)(=O)=O. The minimum atomic E-state index is -3.20. The van der Waals surface area contributed by atoms with E-state index in [2.05, 4.69) is 5.32 Å². The van der Waals surface area contributed by atoms with E-state index in [1.165, 1.54) is 6.26 Å². The highest BCUT2D eigenvalue weighted by atomic mass is 32.2. The molecule has 0 bridgehead atoms. The predicted octanol–water partition coefficient (Wildman–Crippen LogP) is 2.32. The Hall–Kier alpha value is -1.66. The molecule has 0 radical (unpaired) electrons. The van der Waals surface area contributed by atoms with Crippen LogP contribution in [0.25, 0.3) is 0 Å². The van der Waals surface area contributed by atoms with Gasteiger partial charge in [-0.15, -0.1) is 11.3 Å². The third-order valence-corrected chi connectivity index (χ3v) is 5.18. The van der Waals surface area contributed by atoms with Crippen LogP contribution in [-0.2, 0) is 27.6 Å². The van der Waals surface area contributed by atoms with E-state index in [4.69, 9.17) is 0 Å². The van der Waals surface area contributed by atoms with E-state index in [0.717, 1.165) is 10.4 Å². The second-order valence-electron chi connectivity index (χ2n) is 4.90. The lowest BCUT2D eigenvalue weighted by atomic mass is 10.1. The highest BCUT2D eigenvalue weighted by molar-refractivity contribution is 7.90. The summed E-state index contributed by atoms with van der Waals surface area (Å²) in [4.78, 5) is 13.1. The van der Waals surface area contributed by atoms with Crippen molar-refractivity contribution in [2.75, 3.05) is 6.26 Å². The van der Waals surface area contributed by atoms with Crippen LogP contribution in [0.5, 0.6) is 0 Å². The van der Waals surface area contributed by atoms with Crippen LogP contribution in [0.2, 0.25) is 0 Å². The van der Waals surface area contributed by atoms with Gasteiger partial charge in [-0.3, -0.25) is 4.79 Å². The first-order chi connectivity index (χ1) is 9.86. The standard InChI is InChI=1S/C15H17NO3S2/c1-11-8-12(5-6-14(11)21(2,18)19)10-16-15(17)9-13-4-3-7-20-13/h3-8H,9-10H2,1-2H3,(H,16,17). The maximum Gasteiger partial charge on any atom is 0.225 e. The van der Waals surface area contributed by atoms with Gasteiger partial charge in [0.15, 0.2) is 9.84 Å². The molecule has 21 heavy (non-hydrogen) atoms. The van der Waals surface area contributed by atoms with Crippen LogP contribution < -0.4 is 5.32 Å². The van der Waals surface area contributed by atoms with Crippen LogP contribution >= 0.6 is 11.3 Å². The van der Waals surface area contributed by atoms with Gasteiger partial charge in [0.05, 0.1) is 11.3 Å². The fourth-order valence-corrected chi connectivity index (χ4v) is 3.73. The van der Waals surface area contributed by atoms with Crippen molar-refractivity contribution < 1.29 is 13.2 Å². The van der Waals surface area contributed by atoms with Gasteiger partial charge < -0.3 is 5.32 Å². The predicted molar refractivity (Wildman–Crippen MR) is 84.2 cm³/mol. The summed E-state index contributed by atoms with van der Waals surface area (Å²) in [5, 5.41) is 4.78. The van der Waals surface area contributed by atoms with E-state index < -0.39 is 9.84 Å². The first-order valence-corrected chi connectivity index (χ1v) is 9.22. The molecular formula is C15H17NO3S2. The summed E-state index contributed by atoms with van der Waals surface area (Å²) in [7, 11) is -3.20. The molecule has 0 unspecified atom stereocenters. The van der Waals surface area contributed by atoms with Gasteiger partial charge in [-0.25, -0.2) is 8.42 Å². The highest BCUT2D eigenvalue weighted by Crippen LogP contribution is 2.16. The molecule has 0 fully saturated rings. The smallest absolute Gasteiger partial charge is 0.225 e. The van der Waals surface area contributed by atoms with E-state index in [-0.39, 0.29) is 5.91 Å². The van der Waals surface area contributed by atoms with Gasteiger partial charge in [0.2, 0.25) is 5.91 Å². The van der Waals surface area contributed by atoms with E-state index in [0.29, 0.717) is 23.4 Å². The van der Waals surface area contributed by atoms with Gasteiger partial charge in [-0.2, -0.15) is 0 Å². The molecule has 1 N–H and O–H groups in total. The molecule has 0 atom stereocenters. The molecule has 112 valence electrons. The summed E-state index contributed by atoms with van der Waals surface area (Å²) >= 11 is 1.55. The van der Waals surface area contributed by atoms with Crippen molar-refractivity contribution in [3.63, 3.8) is 0 Å². The highest BCUT2D eigenvalue weighted by Gasteiger charge is 2.11. The Morgan fingerprint density at radius 1 is 1.29 bits per heavy atom. The summed E-state index contributed by atoms with van der Waals surface area (Å²) in [6.07, 6.45) is 1.57. The lowest BCUT2D eigenvalue weighted by Gasteiger charge is -2.08. The molecule has 4 nitrogen and oxygen atoms in total. The van der Waals surface area contributed by atoms with Crippen LogP contribution in [0.1, 0.15) is 16.0 Å². The fourth-order valence-electron chi connectivity index (χ4n) is 2.07. The van der Waals surface area contributed by atoms with E-state index in [1.54, 1.807) is 36.5 Å². The molecule has 1 heterocycles. The Labute approximate surface area is 128 Å². The third kappa shape index (κ3) is 4.41. The van der Waals surface area contributed by atoms with Crippen molar-refractivity contribution in [2.24, 2.45) is 0 Å². The lowest BCUT2D eigenvalue weighted by molar-refractivity contribution is -0.120. The molecule has 1 aromatic carbocycles. The molecule has 1 amide bonds. The van der Waals surface area contributed by atoms with Crippen molar-refractivity contribution in [2.45, 2.75) is 24.8 Å². The summed E-state index contributed by atoms with van der Waals surface area (Å²) in [5.74, 6) is -0.0395. The molecular weight excluding hydrogens is 306 g/mol. The molecule has 0 aliphatic carbocycles. The van der Waals surface area contributed by atoms with Crippen LogP contribution in [-0.4, -0.2) is 20.6 Å². The quantitative estimate of drug-likeness (QED) is 0.918. The van der Waals surface area contributed by atoms with Gasteiger partial charge in [-0.1, -0.05) is 18.2 Å². The number of thiophene rings is 1. The summed E-state index contributed by atoms with van der Waals surface area (Å²) in [6, 6.07) is 8.96. The molecule has 6 heteroatoms. The monoisotopic (exact) mass is 323 g/mol. The van der Waals surface area contributed by atoms with E-state index in [1.807, 2.05) is 17.5 Å². The van der Waals surface area contributed by atoms with E-state index >= 15 is 0 Å². The van der Waals surface area contributed by atoms with Crippen molar-refractivity contribution in [1.29, 1.82) is 0 Å². The van der Waals surface area contributed by atoms with Crippen LogP contribution in [0, 0.1) is 6.92 Å². The second kappa shape index (κ2) is 6.41. The topological polar surface area (TPSA) is 63.2 Å². The minimum Gasteiger partial charge on any atom is -0.352 e. The Morgan fingerprint density at radius 3 is 2.62 bits per heavy atom. The van der Waals surface area contributed by atoms with Crippen LogP contribution in [0.15, 0.2) is 40.6 Å². The van der Waals surface area contributed by atoms with Crippen molar-refractivity contribution in [3.05, 3.63) is 51.7 Å². The number of nitrogens with one attached hydrogen (secondary N) is 1. The van der Waals surface area contributed by atoms with Crippen molar-refractivity contribution >= 4 is 27.1 Å². The van der Waals surface area contributed by atoms with Crippen LogP contribution in [0.3, 0.4) is 0 Å². The number of benzene rings is 1. The second-order valence-corrected chi connectivity index (χ2v) is 7.92. The largest absolute Gasteiger partial charge is 0.352 e. The normalized spacial score (nSPS) is 11.3. The zero-order valence-electron chi connectivity index (χ0n) is 11.9. The summed E-state index contributed by atoms with van der Waals surface area (Å²) < 4.78 is 23.1. The Balaban J connectivity index is 1.98.